The standard InChI is InChI=1S/C22H31N3O3S/c1-16(18-8-12-20(13-9-18)29(23,27)28)24-21(26)15-25(5)14-17-6-10-19(11-7-17)22(2,3)4/h6-13,16H,14-15H2,1-5H3,(H,24,26)(H2,23,27,28)/p+1/t16-/m0/s1. The summed E-state index contributed by atoms with van der Waals surface area (Å²) in [4.78, 5) is 13.5. The smallest absolute Gasteiger partial charge is 0.275 e. The van der Waals surface area contributed by atoms with Gasteiger partial charge in [0.2, 0.25) is 10.0 Å². The van der Waals surface area contributed by atoms with Gasteiger partial charge >= 0.3 is 0 Å². The number of benzene rings is 2. The minimum Gasteiger partial charge on any atom is -0.345 e. The number of carbonyl (C=O) groups excluding carboxylic acids is 1. The van der Waals surface area contributed by atoms with Gasteiger partial charge in [-0.25, -0.2) is 13.6 Å². The van der Waals surface area contributed by atoms with Crippen molar-refractivity contribution in [3.05, 3.63) is 65.2 Å². The lowest BCUT2D eigenvalue weighted by Gasteiger charge is -2.20. The number of hydrogen-bond donors (Lipinski definition) is 3. The predicted octanol–water partition coefficient (Wildman–Crippen LogP) is 1.52. The summed E-state index contributed by atoms with van der Waals surface area (Å²) in [5.74, 6) is -0.0585. The number of quaternary nitrogens is 1. The highest BCUT2D eigenvalue weighted by atomic mass is 32.2. The number of amides is 1. The fraction of sp³-hybridized carbons (Fsp3) is 0.409. The summed E-state index contributed by atoms with van der Waals surface area (Å²) in [5.41, 5.74) is 3.43. The number of nitrogens with one attached hydrogen (secondary N) is 2. The Morgan fingerprint density at radius 3 is 2.10 bits per heavy atom. The van der Waals surface area contributed by atoms with Crippen LogP contribution in [0.25, 0.3) is 0 Å². The minimum atomic E-state index is -3.72. The second-order valence-corrected chi connectivity index (χ2v) is 10.2. The van der Waals surface area contributed by atoms with E-state index in [9.17, 15) is 13.2 Å². The first-order chi connectivity index (χ1) is 13.4. The van der Waals surface area contributed by atoms with Crippen molar-refractivity contribution in [2.75, 3.05) is 13.6 Å². The number of likely N-dealkylation sites (N-methyl/N-ethyl adjacent to an activating group) is 1. The topological polar surface area (TPSA) is 93.7 Å². The Labute approximate surface area is 174 Å². The Balaban J connectivity index is 1.89. The summed E-state index contributed by atoms with van der Waals surface area (Å²) in [6, 6.07) is 14.5. The molecule has 1 amide bonds. The second-order valence-electron chi connectivity index (χ2n) is 8.66. The third kappa shape index (κ3) is 6.96. The molecule has 0 saturated heterocycles. The number of sulfonamides is 1. The molecule has 0 saturated carbocycles. The summed E-state index contributed by atoms with van der Waals surface area (Å²) < 4.78 is 22.7. The molecule has 4 N–H and O–H groups in total. The van der Waals surface area contributed by atoms with Crippen LogP contribution in [0.1, 0.15) is 50.4 Å². The van der Waals surface area contributed by atoms with Crippen molar-refractivity contribution >= 4 is 15.9 Å². The summed E-state index contributed by atoms with van der Waals surface area (Å²) >= 11 is 0. The molecule has 1 unspecified atom stereocenters. The van der Waals surface area contributed by atoms with Gasteiger partial charge in [-0.3, -0.25) is 4.79 Å². The van der Waals surface area contributed by atoms with Gasteiger partial charge in [-0.2, -0.15) is 0 Å². The number of rotatable bonds is 7. The molecular weight excluding hydrogens is 386 g/mol. The summed E-state index contributed by atoms with van der Waals surface area (Å²) in [6.07, 6.45) is 0. The van der Waals surface area contributed by atoms with Crippen molar-refractivity contribution < 1.29 is 18.1 Å². The van der Waals surface area contributed by atoms with Crippen LogP contribution in [0.5, 0.6) is 0 Å². The van der Waals surface area contributed by atoms with E-state index in [1.54, 1.807) is 12.1 Å². The third-order valence-electron chi connectivity index (χ3n) is 4.87. The maximum absolute atomic E-state index is 12.4. The largest absolute Gasteiger partial charge is 0.345 e. The van der Waals surface area contributed by atoms with E-state index in [2.05, 4.69) is 50.4 Å². The molecule has 2 atom stereocenters. The fourth-order valence-corrected chi connectivity index (χ4v) is 3.65. The minimum absolute atomic E-state index is 0.0569. The normalized spacial score (nSPS) is 14.3. The molecule has 0 aromatic heterocycles. The highest BCUT2D eigenvalue weighted by Crippen LogP contribution is 2.22. The lowest BCUT2D eigenvalue weighted by molar-refractivity contribution is -0.885. The monoisotopic (exact) mass is 418 g/mol. The van der Waals surface area contributed by atoms with Crippen LogP contribution in [-0.4, -0.2) is 27.9 Å². The van der Waals surface area contributed by atoms with Gasteiger partial charge in [0.15, 0.2) is 6.54 Å². The summed E-state index contributed by atoms with van der Waals surface area (Å²) in [7, 11) is -1.73. The van der Waals surface area contributed by atoms with E-state index in [1.807, 2.05) is 14.0 Å². The summed E-state index contributed by atoms with van der Waals surface area (Å²) in [6.45, 7) is 9.54. The molecule has 158 valence electrons. The molecular formula is C22H32N3O3S+. The van der Waals surface area contributed by atoms with E-state index < -0.39 is 10.0 Å². The molecule has 0 radical (unpaired) electrons. The number of hydrogen-bond acceptors (Lipinski definition) is 3. The molecule has 2 rings (SSSR count). The van der Waals surface area contributed by atoms with Crippen LogP contribution in [0.4, 0.5) is 0 Å². The average Bonchev–Trinajstić information content (AvgIpc) is 2.60. The Bertz CT molecular complexity index is 931. The number of nitrogens with two attached hydrogens (primary N) is 1. The molecule has 0 fully saturated rings. The van der Waals surface area contributed by atoms with E-state index in [0.29, 0.717) is 6.54 Å². The zero-order valence-electron chi connectivity index (χ0n) is 17.8. The Hall–Kier alpha value is -2.22. The van der Waals surface area contributed by atoms with E-state index >= 15 is 0 Å². The first-order valence-electron chi connectivity index (χ1n) is 9.69. The molecule has 0 aliphatic carbocycles. The molecule has 0 heterocycles. The molecule has 6 nitrogen and oxygen atoms in total. The Morgan fingerprint density at radius 2 is 1.62 bits per heavy atom. The fourth-order valence-electron chi connectivity index (χ4n) is 3.13. The van der Waals surface area contributed by atoms with Crippen LogP contribution >= 0.6 is 0 Å². The van der Waals surface area contributed by atoms with Crippen LogP contribution in [0.3, 0.4) is 0 Å². The molecule has 2 aromatic carbocycles. The van der Waals surface area contributed by atoms with E-state index in [4.69, 9.17) is 5.14 Å². The lowest BCUT2D eigenvalue weighted by Crippen LogP contribution is -3.08. The van der Waals surface area contributed by atoms with Crippen molar-refractivity contribution in [2.45, 2.75) is 50.6 Å². The van der Waals surface area contributed by atoms with Crippen molar-refractivity contribution in [3.8, 4) is 0 Å². The molecule has 0 spiro atoms. The van der Waals surface area contributed by atoms with Crippen molar-refractivity contribution in [2.24, 2.45) is 5.14 Å². The zero-order valence-corrected chi connectivity index (χ0v) is 18.6. The van der Waals surface area contributed by atoms with Crippen molar-refractivity contribution in [3.63, 3.8) is 0 Å². The van der Waals surface area contributed by atoms with Crippen molar-refractivity contribution in [1.29, 1.82) is 0 Å². The maximum Gasteiger partial charge on any atom is 0.275 e. The third-order valence-corrected chi connectivity index (χ3v) is 5.80. The quantitative estimate of drug-likeness (QED) is 0.636. The Kier molecular flexibility index (Phi) is 7.21. The highest BCUT2D eigenvalue weighted by Gasteiger charge is 2.16. The van der Waals surface area contributed by atoms with Gasteiger partial charge in [-0.1, -0.05) is 57.2 Å². The SMILES string of the molecule is C[C@H](NC(=O)C[NH+](C)Cc1ccc(C(C)(C)C)cc1)c1ccc(S(N)(=O)=O)cc1. The van der Waals surface area contributed by atoms with Gasteiger partial charge in [0, 0.05) is 5.56 Å². The first kappa shape index (κ1) is 23.1. The van der Waals surface area contributed by atoms with Crippen LogP contribution in [-0.2, 0) is 26.8 Å². The average molecular weight is 419 g/mol. The van der Waals surface area contributed by atoms with Gasteiger partial charge in [0.1, 0.15) is 6.54 Å². The van der Waals surface area contributed by atoms with Crippen molar-refractivity contribution in [1.82, 2.24) is 5.32 Å². The van der Waals surface area contributed by atoms with E-state index in [0.717, 1.165) is 17.0 Å². The number of carbonyl (C=O) groups is 1. The second kappa shape index (κ2) is 9.07. The maximum atomic E-state index is 12.4. The first-order valence-corrected chi connectivity index (χ1v) is 11.2. The molecule has 2 aromatic rings. The molecule has 0 aliphatic rings. The van der Waals surface area contributed by atoms with Crippen LogP contribution in [0.15, 0.2) is 53.4 Å². The van der Waals surface area contributed by atoms with Crippen LogP contribution < -0.4 is 15.4 Å². The lowest BCUT2D eigenvalue weighted by atomic mass is 9.87. The predicted molar refractivity (Wildman–Crippen MR) is 115 cm³/mol. The molecule has 29 heavy (non-hydrogen) atoms. The van der Waals surface area contributed by atoms with Gasteiger partial charge in [0.25, 0.3) is 5.91 Å². The van der Waals surface area contributed by atoms with Gasteiger partial charge in [-0.05, 0) is 35.6 Å². The van der Waals surface area contributed by atoms with Gasteiger partial charge < -0.3 is 10.2 Å². The van der Waals surface area contributed by atoms with E-state index in [-0.39, 0.29) is 22.3 Å². The van der Waals surface area contributed by atoms with Gasteiger partial charge in [-0.15, -0.1) is 0 Å². The van der Waals surface area contributed by atoms with E-state index in [1.165, 1.54) is 23.3 Å². The molecule has 7 heteroatoms. The zero-order chi connectivity index (χ0) is 21.8. The van der Waals surface area contributed by atoms with Crippen LogP contribution in [0.2, 0.25) is 0 Å². The number of primary sulfonamides is 1. The van der Waals surface area contributed by atoms with Gasteiger partial charge in [0.05, 0.1) is 18.0 Å². The molecule has 0 bridgehead atoms. The highest BCUT2D eigenvalue weighted by molar-refractivity contribution is 7.89. The molecule has 0 aliphatic heterocycles. The summed E-state index contributed by atoms with van der Waals surface area (Å²) in [5, 5.41) is 8.07. The van der Waals surface area contributed by atoms with Crippen LogP contribution in [0, 0.1) is 0 Å². The Morgan fingerprint density at radius 1 is 1.07 bits per heavy atom.